The molecule has 1 saturated heterocycles. The number of carboxylic acid groups (broad SMARTS) is 1. The number of fused-ring (bicyclic) bond motifs is 7. The van der Waals surface area contributed by atoms with E-state index in [0.29, 0.717) is 30.7 Å². The highest BCUT2D eigenvalue weighted by atomic mass is 16.5. The third-order valence-corrected chi connectivity index (χ3v) is 16.5. The molecule has 0 aromatic carbocycles. The molecule has 0 aromatic rings. The van der Waals surface area contributed by atoms with Crippen LogP contribution >= 0.6 is 0 Å². The molecule has 0 radical (unpaired) electrons. The number of hydrogen-bond acceptors (Lipinski definition) is 7. The molecule has 6 rings (SSSR count). The highest BCUT2D eigenvalue weighted by molar-refractivity contribution is 6.00. The first kappa shape index (κ1) is 38.0. The fourth-order valence-corrected chi connectivity index (χ4v) is 13.4. The van der Waals surface area contributed by atoms with Crippen molar-refractivity contribution < 1.29 is 29.3 Å². The summed E-state index contributed by atoms with van der Waals surface area (Å²) in [6.07, 6.45) is 7.64. The summed E-state index contributed by atoms with van der Waals surface area (Å²) in [6, 6.07) is 0. The quantitative estimate of drug-likeness (QED) is 0.262. The molecule has 0 bridgehead atoms. The van der Waals surface area contributed by atoms with Gasteiger partial charge >= 0.3 is 11.9 Å². The SMILES string of the molecule is CC(C)C1=C2[C@H]3CC[C@@H]4[C@@]5(C)CC[C@H](OC(=O)CC(C)(C)C(=O)O)C(C)(C)C5CC[C@@]4(C)[C@]3(C)CC[C@@]2(C(O)CN2CCN(C)CC2)CC1=O. The molecule has 9 atom stereocenters. The van der Waals surface area contributed by atoms with Gasteiger partial charge in [0.05, 0.1) is 17.9 Å². The van der Waals surface area contributed by atoms with E-state index in [4.69, 9.17) is 4.74 Å². The van der Waals surface area contributed by atoms with E-state index in [2.05, 4.69) is 65.3 Å². The summed E-state index contributed by atoms with van der Waals surface area (Å²) in [6.45, 7) is 24.4. The van der Waals surface area contributed by atoms with E-state index in [1.165, 1.54) is 5.57 Å². The Morgan fingerprint density at radius 1 is 0.900 bits per heavy atom. The monoisotopic (exact) mass is 697 g/mol. The summed E-state index contributed by atoms with van der Waals surface area (Å²) in [4.78, 5) is 43.6. The van der Waals surface area contributed by atoms with Crippen LogP contribution in [0.25, 0.3) is 0 Å². The van der Waals surface area contributed by atoms with Gasteiger partial charge < -0.3 is 19.8 Å². The van der Waals surface area contributed by atoms with E-state index < -0.39 is 28.9 Å². The number of carbonyl (C=O) groups excluding carboxylic acids is 2. The van der Waals surface area contributed by atoms with Gasteiger partial charge in [-0.15, -0.1) is 0 Å². The number of piperazine rings is 1. The van der Waals surface area contributed by atoms with Gasteiger partial charge in [-0.05, 0) is 118 Å². The number of carboxylic acids is 1. The van der Waals surface area contributed by atoms with Crippen LogP contribution < -0.4 is 0 Å². The van der Waals surface area contributed by atoms with Crippen molar-refractivity contribution >= 4 is 17.7 Å². The highest BCUT2D eigenvalue weighted by Gasteiger charge is 2.70. The Kier molecular flexibility index (Phi) is 9.63. The van der Waals surface area contributed by atoms with Crippen molar-refractivity contribution in [2.24, 2.45) is 56.2 Å². The minimum Gasteiger partial charge on any atom is -0.481 e. The number of aliphatic hydroxyl groups is 1. The molecule has 0 spiro atoms. The molecule has 5 aliphatic carbocycles. The lowest BCUT2D eigenvalue weighted by atomic mass is 9.33. The molecule has 0 amide bonds. The Balaban J connectivity index is 1.28. The van der Waals surface area contributed by atoms with Gasteiger partial charge in [-0.2, -0.15) is 0 Å². The lowest BCUT2D eigenvalue weighted by Gasteiger charge is -2.72. The summed E-state index contributed by atoms with van der Waals surface area (Å²) in [5, 5.41) is 21.9. The van der Waals surface area contributed by atoms with Gasteiger partial charge in [0, 0.05) is 50.0 Å². The molecule has 1 heterocycles. The Morgan fingerprint density at radius 3 is 2.18 bits per heavy atom. The van der Waals surface area contributed by atoms with Gasteiger partial charge in [-0.25, -0.2) is 0 Å². The summed E-state index contributed by atoms with van der Waals surface area (Å²) < 4.78 is 6.17. The molecule has 8 heteroatoms. The van der Waals surface area contributed by atoms with Gasteiger partial charge in [0.25, 0.3) is 0 Å². The predicted molar refractivity (Wildman–Crippen MR) is 195 cm³/mol. The van der Waals surface area contributed by atoms with Gasteiger partial charge in [0.15, 0.2) is 5.78 Å². The van der Waals surface area contributed by atoms with Gasteiger partial charge in [-0.1, -0.05) is 54.0 Å². The van der Waals surface area contributed by atoms with E-state index in [9.17, 15) is 24.6 Å². The van der Waals surface area contributed by atoms with Crippen molar-refractivity contribution in [3.63, 3.8) is 0 Å². The van der Waals surface area contributed by atoms with Crippen molar-refractivity contribution in [3.8, 4) is 0 Å². The zero-order valence-corrected chi connectivity index (χ0v) is 33.0. The molecule has 50 heavy (non-hydrogen) atoms. The minimum atomic E-state index is -1.15. The normalized spacial score (nSPS) is 41.2. The van der Waals surface area contributed by atoms with Crippen LogP contribution in [0.1, 0.15) is 127 Å². The topological polar surface area (TPSA) is 107 Å². The summed E-state index contributed by atoms with van der Waals surface area (Å²) >= 11 is 0. The summed E-state index contributed by atoms with van der Waals surface area (Å²) in [5.41, 5.74) is 0.749. The number of carbonyl (C=O) groups is 3. The Bertz CT molecular complexity index is 1410. The lowest BCUT2D eigenvalue weighted by molar-refractivity contribution is -0.235. The highest BCUT2D eigenvalue weighted by Crippen LogP contribution is 2.77. The number of β-amino-alcohol motifs (C(OH)–C–C–N with tert-alkyl or cyclic N) is 1. The van der Waals surface area contributed by atoms with E-state index in [0.717, 1.165) is 83.1 Å². The Hall–Kier alpha value is -1.77. The third-order valence-electron chi connectivity index (χ3n) is 16.5. The van der Waals surface area contributed by atoms with Crippen LogP contribution in [0, 0.1) is 56.2 Å². The number of aliphatic carboxylic acids is 1. The van der Waals surface area contributed by atoms with Crippen molar-refractivity contribution in [1.82, 2.24) is 9.80 Å². The summed E-state index contributed by atoms with van der Waals surface area (Å²) in [7, 11) is 2.16. The van der Waals surface area contributed by atoms with Crippen LogP contribution in [-0.4, -0.2) is 89.7 Å². The molecule has 0 aromatic heterocycles. The van der Waals surface area contributed by atoms with Gasteiger partial charge in [0.1, 0.15) is 6.10 Å². The van der Waals surface area contributed by atoms with E-state index in [1.54, 1.807) is 13.8 Å². The first-order chi connectivity index (χ1) is 23.1. The number of Topliss-reactive ketones (excluding diaryl/α,β-unsaturated/α-hetero) is 1. The lowest BCUT2D eigenvalue weighted by Crippen LogP contribution is -2.66. The number of likely N-dealkylation sites (N-methyl/N-ethyl adjacent to an activating group) is 1. The van der Waals surface area contributed by atoms with E-state index in [-0.39, 0.29) is 45.9 Å². The van der Waals surface area contributed by atoms with Crippen LogP contribution in [0.4, 0.5) is 0 Å². The maximum absolute atomic E-state index is 14.0. The number of hydrogen-bond donors (Lipinski definition) is 2. The molecule has 8 nitrogen and oxygen atoms in total. The Morgan fingerprint density at radius 2 is 1.56 bits per heavy atom. The molecule has 5 fully saturated rings. The molecule has 4 saturated carbocycles. The number of ether oxygens (including phenoxy) is 1. The van der Waals surface area contributed by atoms with Crippen LogP contribution in [0.2, 0.25) is 0 Å². The van der Waals surface area contributed by atoms with Crippen LogP contribution in [-0.2, 0) is 19.1 Å². The molecule has 2 unspecified atom stereocenters. The fraction of sp³-hybridized carbons (Fsp3) is 0.881. The predicted octanol–water partition coefficient (Wildman–Crippen LogP) is 6.99. The largest absolute Gasteiger partial charge is 0.481 e. The van der Waals surface area contributed by atoms with Crippen molar-refractivity contribution in [3.05, 3.63) is 11.1 Å². The van der Waals surface area contributed by atoms with Gasteiger partial charge in [0.2, 0.25) is 0 Å². The fourth-order valence-electron chi connectivity index (χ4n) is 13.4. The standard InChI is InChI=1S/C42H68N2O6/c1-26(2)34-28(45)23-42(31(46)25-44-21-19-43(10)20-22-44)18-17-40(8)27(35(34)42)11-12-30-39(7)15-14-32(50-33(47)24-37(3,4)36(48)49)38(5,6)29(39)13-16-41(30,40)9/h26-27,29-32,46H,11-25H2,1-10H3,(H,48,49)/t27-,29?,30-,31?,32+,39+,40-,41-,42+/m1/s1. The van der Waals surface area contributed by atoms with E-state index >= 15 is 0 Å². The number of aliphatic hydroxyl groups excluding tert-OH is 1. The molecule has 2 N–H and O–H groups in total. The third kappa shape index (κ3) is 5.66. The number of nitrogens with zero attached hydrogens (tertiary/aromatic N) is 2. The second-order valence-corrected chi connectivity index (χ2v) is 20.2. The maximum atomic E-state index is 14.0. The molecule has 1 aliphatic heterocycles. The average Bonchev–Trinajstić information content (AvgIpc) is 3.33. The molecular formula is C42H68N2O6. The molecular weight excluding hydrogens is 628 g/mol. The zero-order valence-electron chi connectivity index (χ0n) is 33.0. The maximum Gasteiger partial charge on any atom is 0.309 e. The number of rotatable bonds is 8. The number of ketones is 1. The smallest absolute Gasteiger partial charge is 0.309 e. The second kappa shape index (κ2) is 12.7. The number of allylic oxidation sites excluding steroid dienone is 1. The average molecular weight is 697 g/mol. The van der Waals surface area contributed by atoms with Crippen LogP contribution in [0.3, 0.4) is 0 Å². The first-order valence-electron chi connectivity index (χ1n) is 19.9. The van der Waals surface area contributed by atoms with Crippen molar-refractivity contribution in [2.45, 2.75) is 139 Å². The van der Waals surface area contributed by atoms with Crippen LogP contribution in [0.5, 0.6) is 0 Å². The number of esters is 1. The van der Waals surface area contributed by atoms with Crippen molar-refractivity contribution in [1.29, 1.82) is 0 Å². The van der Waals surface area contributed by atoms with Gasteiger partial charge in [-0.3, -0.25) is 19.3 Å². The second-order valence-electron chi connectivity index (χ2n) is 20.2. The molecule has 6 aliphatic rings. The van der Waals surface area contributed by atoms with Crippen LogP contribution in [0.15, 0.2) is 11.1 Å². The molecule has 282 valence electrons. The first-order valence-corrected chi connectivity index (χ1v) is 19.9. The summed E-state index contributed by atoms with van der Waals surface area (Å²) in [5.74, 6) is 0.235. The van der Waals surface area contributed by atoms with Crippen molar-refractivity contribution in [2.75, 3.05) is 39.8 Å². The minimum absolute atomic E-state index is 0.0247. The Labute approximate surface area is 302 Å². The zero-order chi connectivity index (χ0) is 36.8. The van der Waals surface area contributed by atoms with E-state index in [1.807, 2.05) is 0 Å².